The maximum atomic E-state index is 10.7. The molecule has 0 aliphatic carbocycles. The monoisotopic (exact) mass is 416 g/mol. The molecule has 1 N–H and O–H groups in total. The normalized spacial score (nSPS) is 11.0. The minimum atomic E-state index is -1.02. The third-order valence-corrected chi connectivity index (χ3v) is 4.99. The summed E-state index contributed by atoms with van der Waals surface area (Å²) >= 11 is 6.50. The first-order valence-electron chi connectivity index (χ1n) is 9.70. The highest BCUT2D eigenvalue weighted by molar-refractivity contribution is 6.31. The predicted molar refractivity (Wildman–Crippen MR) is 113 cm³/mol. The molecule has 0 radical (unpaired) electrons. The summed E-state index contributed by atoms with van der Waals surface area (Å²) in [5, 5.41) is 9.44. The van der Waals surface area contributed by atoms with Gasteiger partial charge in [0, 0.05) is 11.1 Å². The van der Waals surface area contributed by atoms with E-state index in [1.807, 2.05) is 35.8 Å². The van der Waals surface area contributed by atoms with Gasteiger partial charge in [-0.2, -0.15) is 0 Å². The van der Waals surface area contributed by atoms with E-state index in [-0.39, 0.29) is 6.61 Å². The molecule has 29 heavy (non-hydrogen) atoms. The fraction of sp³-hybridized carbons (Fsp3) is 0.364. The van der Waals surface area contributed by atoms with Gasteiger partial charge in [0.2, 0.25) is 0 Å². The lowest BCUT2D eigenvalue weighted by Gasteiger charge is -2.12. The van der Waals surface area contributed by atoms with Crippen molar-refractivity contribution in [2.24, 2.45) is 0 Å². The molecule has 0 unspecified atom stereocenters. The third-order valence-electron chi connectivity index (χ3n) is 4.64. The van der Waals surface area contributed by atoms with E-state index in [0.29, 0.717) is 23.9 Å². The molecule has 0 aliphatic heterocycles. The molecule has 7 heteroatoms. The van der Waals surface area contributed by atoms with Gasteiger partial charge >= 0.3 is 5.97 Å². The Morgan fingerprint density at radius 1 is 1.14 bits per heavy atom. The van der Waals surface area contributed by atoms with Crippen LogP contribution in [0.15, 0.2) is 36.4 Å². The first-order chi connectivity index (χ1) is 14.0. The number of aliphatic carboxylic acids is 1. The molecule has 154 valence electrons. The van der Waals surface area contributed by atoms with Crippen LogP contribution in [0, 0.1) is 6.92 Å². The average molecular weight is 417 g/mol. The highest BCUT2D eigenvalue weighted by Crippen LogP contribution is 2.27. The smallest absolute Gasteiger partial charge is 0.341 e. The standard InChI is InChI=1S/C22H25ClN2O4/c1-3-4-5-10-28-17-7-6-16(19(23)11-17)13-25-15(2)24-20-9-8-18(12-21(20)25)29-14-22(26)27/h6-9,11-12H,3-5,10,13-14H2,1-2H3,(H,26,27). The molecule has 2 aromatic carbocycles. The van der Waals surface area contributed by atoms with Crippen molar-refractivity contribution in [3.8, 4) is 11.5 Å². The zero-order chi connectivity index (χ0) is 20.8. The van der Waals surface area contributed by atoms with E-state index < -0.39 is 5.97 Å². The Bertz CT molecular complexity index is 1000. The van der Waals surface area contributed by atoms with E-state index >= 15 is 0 Å². The number of rotatable bonds is 10. The summed E-state index contributed by atoms with van der Waals surface area (Å²) in [6, 6.07) is 11.1. The molecule has 0 saturated heterocycles. The van der Waals surface area contributed by atoms with Crippen molar-refractivity contribution >= 4 is 28.6 Å². The minimum Gasteiger partial charge on any atom is -0.494 e. The molecule has 3 aromatic rings. The predicted octanol–water partition coefficient (Wildman–Crippen LogP) is 5.08. The van der Waals surface area contributed by atoms with Crippen LogP contribution in [0.2, 0.25) is 5.02 Å². The van der Waals surface area contributed by atoms with E-state index in [9.17, 15) is 4.79 Å². The third kappa shape index (κ3) is 5.41. The second kappa shape index (κ2) is 9.65. The Hall–Kier alpha value is -2.73. The molecular formula is C22H25ClN2O4. The maximum Gasteiger partial charge on any atom is 0.341 e. The van der Waals surface area contributed by atoms with Gasteiger partial charge in [0.05, 0.1) is 24.2 Å². The summed E-state index contributed by atoms with van der Waals surface area (Å²) in [5.41, 5.74) is 2.63. The van der Waals surface area contributed by atoms with Crippen LogP contribution >= 0.6 is 11.6 Å². The molecule has 0 aliphatic rings. The van der Waals surface area contributed by atoms with Gasteiger partial charge in [-0.05, 0) is 43.2 Å². The quantitative estimate of drug-likeness (QED) is 0.466. The molecule has 0 amide bonds. The number of ether oxygens (including phenoxy) is 2. The number of unbranched alkanes of at least 4 members (excludes halogenated alkanes) is 2. The van der Waals surface area contributed by atoms with E-state index in [4.69, 9.17) is 26.2 Å². The van der Waals surface area contributed by atoms with E-state index in [0.717, 1.165) is 47.4 Å². The second-order valence-corrected chi connectivity index (χ2v) is 7.29. The number of carbonyl (C=O) groups is 1. The van der Waals surface area contributed by atoms with E-state index in [2.05, 4.69) is 11.9 Å². The van der Waals surface area contributed by atoms with Gasteiger partial charge in [-0.25, -0.2) is 9.78 Å². The number of hydrogen-bond donors (Lipinski definition) is 1. The summed E-state index contributed by atoms with van der Waals surface area (Å²) in [4.78, 5) is 15.3. The largest absolute Gasteiger partial charge is 0.494 e. The van der Waals surface area contributed by atoms with Crippen molar-refractivity contribution in [2.75, 3.05) is 13.2 Å². The molecule has 1 heterocycles. The maximum absolute atomic E-state index is 10.7. The molecular weight excluding hydrogens is 392 g/mol. The molecule has 0 atom stereocenters. The Morgan fingerprint density at radius 3 is 2.62 bits per heavy atom. The first-order valence-corrected chi connectivity index (χ1v) is 10.1. The molecule has 0 spiro atoms. The Balaban J connectivity index is 1.79. The van der Waals surface area contributed by atoms with Crippen molar-refractivity contribution < 1.29 is 19.4 Å². The number of halogens is 1. The molecule has 6 nitrogen and oxygen atoms in total. The van der Waals surface area contributed by atoms with Crippen LogP contribution in [0.1, 0.15) is 37.6 Å². The summed E-state index contributed by atoms with van der Waals surface area (Å²) < 4.78 is 13.1. The zero-order valence-corrected chi connectivity index (χ0v) is 17.4. The van der Waals surface area contributed by atoms with Crippen molar-refractivity contribution in [1.82, 2.24) is 9.55 Å². The van der Waals surface area contributed by atoms with Crippen LogP contribution in [-0.4, -0.2) is 33.8 Å². The summed E-state index contributed by atoms with van der Waals surface area (Å²) in [7, 11) is 0. The number of hydrogen-bond acceptors (Lipinski definition) is 4. The van der Waals surface area contributed by atoms with Gasteiger partial charge in [0.15, 0.2) is 6.61 Å². The fourth-order valence-corrected chi connectivity index (χ4v) is 3.35. The van der Waals surface area contributed by atoms with Gasteiger partial charge in [0.25, 0.3) is 0 Å². The van der Waals surface area contributed by atoms with Gasteiger partial charge in [-0.1, -0.05) is 37.4 Å². The molecule has 0 fully saturated rings. The van der Waals surface area contributed by atoms with Crippen LogP contribution in [0.25, 0.3) is 11.0 Å². The highest BCUT2D eigenvalue weighted by atomic mass is 35.5. The summed E-state index contributed by atoms with van der Waals surface area (Å²) in [6.07, 6.45) is 3.34. The lowest BCUT2D eigenvalue weighted by Crippen LogP contribution is -2.09. The number of carboxylic acids is 1. The molecule has 1 aromatic heterocycles. The van der Waals surface area contributed by atoms with Crippen LogP contribution in [0.3, 0.4) is 0 Å². The van der Waals surface area contributed by atoms with Crippen molar-refractivity contribution in [3.05, 3.63) is 52.8 Å². The number of imidazole rings is 1. The van der Waals surface area contributed by atoms with Gasteiger partial charge in [-0.3, -0.25) is 0 Å². The van der Waals surface area contributed by atoms with Crippen LogP contribution in [0.4, 0.5) is 0 Å². The molecule has 3 rings (SSSR count). The number of benzene rings is 2. The van der Waals surface area contributed by atoms with Gasteiger partial charge < -0.3 is 19.1 Å². The van der Waals surface area contributed by atoms with Gasteiger partial charge in [0.1, 0.15) is 17.3 Å². The van der Waals surface area contributed by atoms with E-state index in [1.165, 1.54) is 0 Å². The number of carboxylic acid groups (broad SMARTS) is 1. The molecule has 0 bridgehead atoms. The van der Waals surface area contributed by atoms with Crippen molar-refractivity contribution in [1.29, 1.82) is 0 Å². The van der Waals surface area contributed by atoms with Crippen LogP contribution in [-0.2, 0) is 11.3 Å². The van der Waals surface area contributed by atoms with Crippen molar-refractivity contribution in [2.45, 2.75) is 39.7 Å². The zero-order valence-electron chi connectivity index (χ0n) is 16.7. The number of aromatic nitrogens is 2. The van der Waals surface area contributed by atoms with Crippen LogP contribution < -0.4 is 9.47 Å². The minimum absolute atomic E-state index is 0.385. The number of fused-ring (bicyclic) bond motifs is 1. The first kappa shape index (κ1) is 21.0. The molecule has 0 saturated carbocycles. The summed E-state index contributed by atoms with van der Waals surface area (Å²) in [6.45, 7) is 4.93. The Labute approximate surface area is 175 Å². The lowest BCUT2D eigenvalue weighted by atomic mass is 10.2. The van der Waals surface area contributed by atoms with E-state index in [1.54, 1.807) is 12.1 Å². The van der Waals surface area contributed by atoms with Crippen LogP contribution in [0.5, 0.6) is 11.5 Å². The number of aryl methyl sites for hydroxylation is 1. The summed E-state index contributed by atoms with van der Waals surface area (Å²) in [5.74, 6) is 1.08. The Kier molecular flexibility index (Phi) is 6.99. The van der Waals surface area contributed by atoms with Crippen molar-refractivity contribution in [3.63, 3.8) is 0 Å². The highest BCUT2D eigenvalue weighted by Gasteiger charge is 2.12. The average Bonchev–Trinajstić information content (AvgIpc) is 3.00. The number of nitrogens with zero attached hydrogens (tertiary/aromatic N) is 2. The SMILES string of the molecule is CCCCCOc1ccc(Cn2c(C)nc3ccc(OCC(=O)O)cc32)c(Cl)c1. The fourth-order valence-electron chi connectivity index (χ4n) is 3.12. The van der Waals surface area contributed by atoms with Gasteiger partial charge in [-0.15, -0.1) is 0 Å². The lowest BCUT2D eigenvalue weighted by molar-refractivity contribution is -0.139. The Morgan fingerprint density at radius 2 is 1.90 bits per heavy atom. The second-order valence-electron chi connectivity index (χ2n) is 6.89. The topological polar surface area (TPSA) is 73.6 Å².